The van der Waals surface area contributed by atoms with E-state index >= 15 is 0 Å². The molecule has 0 aliphatic heterocycles. The first-order chi connectivity index (χ1) is 15.0. The summed E-state index contributed by atoms with van der Waals surface area (Å²) in [6.45, 7) is 0.532. The van der Waals surface area contributed by atoms with Gasteiger partial charge in [-0.25, -0.2) is 9.59 Å². The van der Waals surface area contributed by atoms with Crippen LogP contribution >= 0.6 is 0 Å². The lowest BCUT2D eigenvalue weighted by molar-refractivity contribution is -0.142. The summed E-state index contributed by atoms with van der Waals surface area (Å²) < 4.78 is 5.11. The normalized spacial score (nSPS) is 12.4. The maximum absolute atomic E-state index is 12.3. The molecule has 0 heterocycles. The van der Waals surface area contributed by atoms with Gasteiger partial charge in [0.05, 0.1) is 6.04 Å². The third-order valence-electron chi connectivity index (χ3n) is 4.65. The molecule has 2 aromatic rings. The number of hydrogen-bond acceptors (Lipinski definition) is 5. The molecule has 5 N–H and O–H groups in total. The average molecular weight is 428 g/mol. The molecule has 8 heteroatoms. The summed E-state index contributed by atoms with van der Waals surface area (Å²) in [5.74, 6) is -1.62. The minimum atomic E-state index is -1.12. The molecule has 0 unspecified atom stereocenters. The molecule has 0 aliphatic carbocycles. The van der Waals surface area contributed by atoms with Crippen molar-refractivity contribution >= 4 is 18.0 Å². The summed E-state index contributed by atoms with van der Waals surface area (Å²) in [5.41, 5.74) is 7.71. The Kier molecular flexibility index (Phi) is 10.0. The van der Waals surface area contributed by atoms with Crippen LogP contribution in [0.5, 0.6) is 0 Å². The number of ether oxygens (including phenoxy) is 1. The van der Waals surface area contributed by atoms with Crippen LogP contribution in [0.3, 0.4) is 0 Å². The smallest absolute Gasteiger partial charge is 0.407 e. The standard InChI is InChI=1S/C23H29N3O5/c24-19(15-17-9-3-1-4-10-17)21(27)26-20(22(28)29)13-7-8-14-25-23(30)31-16-18-11-5-2-6-12-18/h1-6,9-12,19-20H,7-8,13-16,24H2,(H,25,30)(H,26,27)(H,28,29)/t19-,20-/m0/s1. The Bertz CT molecular complexity index is 830. The van der Waals surface area contributed by atoms with Gasteiger partial charge >= 0.3 is 12.1 Å². The molecule has 2 rings (SSSR count). The number of unbranched alkanes of at least 4 members (excludes halogenated alkanes) is 1. The van der Waals surface area contributed by atoms with E-state index in [2.05, 4.69) is 10.6 Å². The van der Waals surface area contributed by atoms with E-state index in [9.17, 15) is 19.5 Å². The van der Waals surface area contributed by atoms with Crippen LogP contribution in [0.4, 0.5) is 4.79 Å². The molecular formula is C23H29N3O5. The quantitative estimate of drug-likeness (QED) is 0.384. The Balaban J connectivity index is 1.64. The predicted octanol–water partition coefficient (Wildman–Crippen LogP) is 2.22. The third-order valence-corrected chi connectivity index (χ3v) is 4.65. The molecule has 0 saturated heterocycles. The van der Waals surface area contributed by atoms with Gasteiger partial charge in [0.25, 0.3) is 0 Å². The highest BCUT2D eigenvalue weighted by molar-refractivity contribution is 5.86. The zero-order valence-electron chi connectivity index (χ0n) is 17.3. The molecule has 166 valence electrons. The second-order valence-electron chi connectivity index (χ2n) is 7.18. The summed E-state index contributed by atoms with van der Waals surface area (Å²) >= 11 is 0. The number of hydrogen-bond donors (Lipinski definition) is 4. The van der Waals surface area contributed by atoms with Crippen molar-refractivity contribution in [2.75, 3.05) is 6.54 Å². The average Bonchev–Trinajstić information content (AvgIpc) is 2.77. The van der Waals surface area contributed by atoms with Gasteiger partial charge in [0.15, 0.2) is 0 Å². The number of benzene rings is 2. The van der Waals surface area contributed by atoms with E-state index in [-0.39, 0.29) is 13.0 Å². The maximum atomic E-state index is 12.3. The van der Waals surface area contributed by atoms with E-state index in [0.29, 0.717) is 25.8 Å². The van der Waals surface area contributed by atoms with Crippen molar-refractivity contribution in [2.45, 2.75) is 44.4 Å². The first kappa shape index (κ1) is 23.9. The van der Waals surface area contributed by atoms with E-state index in [1.54, 1.807) is 0 Å². The van der Waals surface area contributed by atoms with E-state index < -0.39 is 30.1 Å². The van der Waals surface area contributed by atoms with Crippen molar-refractivity contribution in [3.8, 4) is 0 Å². The van der Waals surface area contributed by atoms with Crippen LogP contribution in [0.15, 0.2) is 60.7 Å². The highest BCUT2D eigenvalue weighted by Crippen LogP contribution is 2.05. The third kappa shape index (κ3) is 9.31. The minimum absolute atomic E-state index is 0.184. The van der Waals surface area contributed by atoms with E-state index in [4.69, 9.17) is 10.5 Å². The van der Waals surface area contributed by atoms with Crippen LogP contribution in [0.1, 0.15) is 30.4 Å². The molecule has 2 aromatic carbocycles. The van der Waals surface area contributed by atoms with Gasteiger partial charge in [-0.15, -0.1) is 0 Å². The molecule has 0 aromatic heterocycles. The molecule has 0 spiro atoms. The summed E-state index contributed by atoms with van der Waals surface area (Å²) in [4.78, 5) is 35.4. The molecule has 2 amide bonds. The van der Waals surface area contributed by atoms with Crippen molar-refractivity contribution < 1.29 is 24.2 Å². The Labute approximate surface area is 181 Å². The molecular weight excluding hydrogens is 398 g/mol. The molecule has 0 saturated carbocycles. The second-order valence-corrected chi connectivity index (χ2v) is 7.18. The van der Waals surface area contributed by atoms with Crippen molar-refractivity contribution in [2.24, 2.45) is 5.73 Å². The molecule has 8 nitrogen and oxygen atoms in total. The fraction of sp³-hybridized carbons (Fsp3) is 0.348. The van der Waals surface area contributed by atoms with Gasteiger partial charge in [-0.05, 0) is 36.8 Å². The summed E-state index contributed by atoms with van der Waals surface area (Å²) in [7, 11) is 0. The minimum Gasteiger partial charge on any atom is -0.480 e. The summed E-state index contributed by atoms with van der Waals surface area (Å²) in [5, 5.41) is 14.5. The van der Waals surface area contributed by atoms with E-state index in [1.165, 1.54) is 0 Å². The Morgan fingerprint density at radius 3 is 2.16 bits per heavy atom. The van der Waals surface area contributed by atoms with Crippen LogP contribution < -0.4 is 16.4 Å². The number of carboxylic acid groups (broad SMARTS) is 1. The fourth-order valence-electron chi connectivity index (χ4n) is 2.93. The number of carboxylic acids is 1. The molecule has 31 heavy (non-hydrogen) atoms. The van der Waals surface area contributed by atoms with Crippen molar-refractivity contribution in [3.63, 3.8) is 0 Å². The molecule has 0 radical (unpaired) electrons. The summed E-state index contributed by atoms with van der Waals surface area (Å²) in [6.07, 6.45) is 1.09. The summed E-state index contributed by atoms with van der Waals surface area (Å²) in [6, 6.07) is 16.8. The molecule has 0 bridgehead atoms. The monoisotopic (exact) mass is 427 g/mol. The van der Waals surface area contributed by atoms with Crippen molar-refractivity contribution in [3.05, 3.63) is 71.8 Å². The van der Waals surface area contributed by atoms with Gasteiger partial charge in [0, 0.05) is 6.54 Å². The number of nitrogens with two attached hydrogens (primary N) is 1. The number of nitrogens with one attached hydrogen (secondary N) is 2. The Morgan fingerprint density at radius 1 is 0.935 bits per heavy atom. The number of alkyl carbamates (subject to hydrolysis) is 1. The Morgan fingerprint density at radius 2 is 1.55 bits per heavy atom. The highest BCUT2D eigenvalue weighted by Gasteiger charge is 2.23. The topological polar surface area (TPSA) is 131 Å². The van der Waals surface area contributed by atoms with Gasteiger partial charge in [-0.3, -0.25) is 4.79 Å². The highest BCUT2D eigenvalue weighted by atomic mass is 16.5. The van der Waals surface area contributed by atoms with E-state index in [0.717, 1.165) is 11.1 Å². The van der Waals surface area contributed by atoms with Crippen molar-refractivity contribution in [1.29, 1.82) is 0 Å². The van der Waals surface area contributed by atoms with Gasteiger partial charge in [0.1, 0.15) is 12.6 Å². The van der Waals surface area contributed by atoms with Gasteiger partial charge in [0.2, 0.25) is 5.91 Å². The van der Waals surface area contributed by atoms with Gasteiger partial charge in [-0.1, -0.05) is 60.7 Å². The second kappa shape index (κ2) is 13.0. The van der Waals surface area contributed by atoms with E-state index in [1.807, 2.05) is 60.7 Å². The molecule has 0 fully saturated rings. The lowest BCUT2D eigenvalue weighted by atomic mass is 10.0. The number of carbonyl (C=O) groups excluding carboxylic acids is 2. The van der Waals surface area contributed by atoms with Gasteiger partial charge in [-0.2, -0.15) is 0 Å². The lowest BCUT2D eigenvalue weighted by Gasteiger charge is -2.18. The maximum Gasteiger partial charge on any atom is 0.407 e. The molecule has 2 atom stereocenters. The SMILES string of the molecule is N[C@@H](Cc1ccccc1)C(=O)N[C@@H](CCCCNC(=O)OCc1ccccc1)C(=O)O. The molecule has 0 aliphatic rings. The zero-order chi connectivity index (χ0) is 22.5. The fourth-order valence-corrected chi connectivity index (χ4v) is 2.93. The zero-order valence-corrected chi connectivity index (χ0v) is 17.3. The first-order valence-electron chi connectivity index (χ1n) is 10.2. The number of aliphatic carboxylic acids is 1. The van der Waals surface area contributed by atoms with Gasteiger partial charge < -0.3 is 26.2 Å². The largest absolute Gasteiger partial charge is 0.480 e. The lowest BCUT2D eigenvalue weighted by Crippen LogP contribution is -2.49. The van der Waals surface area contributed by atoms with Crippen LogP contribution in [0, 0.1) is 0 Å². The van der Waals surface area contributed by atoms with Crippen LogP contribution in [-0.4, -0.2) is 41.7 Å². The predicted molar refractivity (Wildman–Crippen MR) is 116 cm³/mol. The number of rotatable bonds is 12. The number of amides is 2. The number of carbonyl (C=O) groups is 3. The van der Waals surface area contributed by atoms with Crippen LogP contribution in [-0.2, 0) is 27.4 Å². The van der Waals surface area contributed by atoms with Crippen LogP contribution in [0.2, 0.25) is 0 Å². The first-order valence-corrected chi connectivity index (χ1v) is 10.2. The Hall–Kier alpha value is -3.39. The van der Waals surface area contributed by atoms with Crippen molar-refractivity contribution in [1.82, 2.24) is 10.6 Å². The van der Waals surface area contributed by atoms with Crippen LogP contribution in [0.25, 0.3) is 0 Å².